The molecule has 1 aromatic heterocycles. The molecule has 0 spiro atoms. The fourth-order valence-corrected chi connectivity index (χ4v) is 1.42. The summed E-state index contributed by atoms with van der Waals surface area (Å²) in [5.74, 6) is 0.611. The van der Waals surface area contributed by atoms with Crippen molar-refractivity contribution in [1.82, 2.24) is 9.97 Å². The minimum absolute atomic E-state index is 0.611. The Balaban J connectivity index is 1.97. The van der Waals surface area contributed by atoms with Crippen molar-refractivity contribution in [1.29, 1.82) is 0 Å². The second-order valence-corrected chi connectivity index (χ2v) is 4.24. The lowest BCUT2D eigenvalue weighted by Crippen LogP contribution is -2.03. The summed E-state index contributed by atoms with van der Waals surface area (Å²) < 4.78 is 0.866. The standard InChI is InChI=1S/C11H11BrN4/c12-9-6-15-11(16-7-9)14-5-8-1-3-10(13)4-2-8/h1-4,6-7H,5,13H2,(H,14,15,16). The van der Waals surface area contributed by atoms with E-state index in [1.807, 2.05) is 24.3 Å². The van der Waals surface area contributed by atoms with Crippen LogP contribution in [0.4, 0.5) is 11.6 Å². The van der Waals surface area contributed by atoms with Crippen LogP contribution in [0.15, 0.2) is 41.1 Å². The van der Waals surface area contributed by atoms with Crippen LogP contribution >= 0.6 is 15.9 Å². The van der Waals surface area contributed by atoms with E-state index in [2.05, 4.69) is 31.2 Å². The second-order valence-electron chi connectivity index (χ2n) is 3.32. The predicted octanol–water partition coefficient (Wildman–Crippen LogP) is 2.43. The first kappa shape index (κ1) is 10.9. The minimum Gasteiger partial charge on any atom is -0.399 e. The van der Waals surface area contributed by atoms with Crippen LogP contribution in [0.2, 0.25) is 0 Å². The number of aromatic nitrogens is 2. The quantitative estimate of drug-likeness (QED) is 0.847. The van der Waals surface area contributed by atoms with Gasteiger partial charge < -0.3 is 11.1 Å². The summed E-state index contributed by atoms with van der Waals surface area (Å²) in [6.07, 6.45) is 3.41. The zero-order valence-corrected chi connectivity index (χ0v) is 10.1. The highest BCUT2D eigenvalue weighted by Gasteiger charge is 1.96. The molecule has 0 saturated carbocycles. The molecule has 82 valence electrons. The Morgan fingerprint density at radius 1 is 1.12 bits per heavy atom. The van der Waals surface area contributed by atoms with Crippen molar-refractivity contribution in [2.45, 2.75) is 6.54 Å². The van der Waals surface area contributed by atoms with Crippen LogP contribution in [0, 0.1) is 0 Å². The molecule has 0 saturated heterocycles. The lowest BCUT2D eigenvalue weighted by Gasteiger charge is -2.04. The molecule has 0 bridgehead atoms. The van der Waals surface area contributed by atoms with Gasteiger partial charge in [-0.3, -0.25) is 0 Å². The number of rotatable bonds is 3. The Kier molecular flexibility index (Phi) is 3.36. The average molecular weight is 279 g/mol. The maximum atomic E-state index is 5.60. The van der Waals surface area contributed by atoms with Gasteiger partial charge in [0, 0.05) is 24.6 Å². The van der Waals surface area contributed by atoms with E-state index in [4.69, 9.17) is 5.73 Å². The molecule has 5 heteroatoms. The Morgan fingerprint density at radius 3 is 2.38 bits per heavy atom. The molecule has 0 atom stereocenters. The first-order chi connectivity index (χ1) is 7.74. The summed E-state index contributed by atoms with van der Waals surface area (Å²) in [4.78, 5) is 8.23. The minimum atomic E-state index is 0.611. The third kappa shape index (κ3) is 2.93. The smallest absolute Gasteiger partial charge is 0.222 e. The number of benzene rings is 1. The second kappa shape index (κ2) is 4.94. The van der Waals surface area contributed by atoms with Crippen LogP contribution in [0.1, 0.15) is 5.56 Å². The molecule has 0 radical (unpaired) electrons. The summed E-state index contributed by atoms with van der Waals surface area (Å²) in [5.41, 5.74) is 7.51. The van der Waals surface area contributed by atoms with Crippen LogP contribution in [-0.4, -0.2) is 9.97 Å². The normalized spacial score (nSPS) is 10.1. The molecule has 0 aliphatic carbocycles. The topological polar surface area (TPSA) is 63.8 Å². The third-order valence-corrected chi connectivity index (χ3v) is 2.46. The molecular weight excluding hydrogens is 268 g/mol. The first-order valence-electron chi connectivity index (χ1n) is 4.80. The maximum absolute atomic E-state index is 5.60. The lowest BCUT2D eigenvalue weighted by molar-refractivity contribution is 1.05. The van der Waals surface area contributed by atoms with Gasteiger partial charge in [-0.25, -0.2) is 9.97 Å². The number of anilines is 2. The largest absolute Gasteiger partial charge is 0.399 e. The molecule has 0 amide bonds. The van der Waals surface area contributed by atoms with Gasteiger partial charge in [-0.2, -0.15) is 0 Å². The molecular formula is C11H11BrN4. The van der Waals surface area contributed by atoms with Crippen molar-refractivity contribution in [3.8, 4) is 0 Å². The van der Waals surface area contributed by atoms with Crippen molar-refractivity contribution in [3.63, 3.8) is 0 Å². The van der Waals surface area contributed by atoms with Crippen molar-refractivity contribution in [2.75, 3.05) is 11.1 Å². The molecule has 16 heavy (non-hydrogen) atoms. The van der Waals surface area contributed by atoms with Gasteiger partial charge in [-0.1, -0.05) is 12.1 Å². The monoisotopic (exact) mass is 278 g/mol. The van der Waals surface area contributed by atoms with E-state index in [9.17, 15) is 0 Å². The van der Waals surface area contributed by atoms with Crippen molar-refractivity contribution in [3.05, 3.63) is 46.7 Å². The van der Waals surface area contributed by atoms with E-state index in [0.717, 1.165) is 15.7 Å². The van der Waals surface area contributed by atoms with Gasteiger partial charge in [-0.15, -0.1) is 0 Å². The maximum Gasteiger partial charge on any atom is 0.222 e. The summed E-state index contributed by atoms with van der Waals surface area (Å²) in [6, 6.07) is 7.70. The SMILES string of the molecule is Nc1ccc(CNc2ncc(Br)cn2)cc1. The Morgan fingerprint density at radius 2 is 1.75 bits per heavy atom. The highest BCUT2D eigenvalue weighted by atomic mass is 79.9. The van der Waals surface area contributed by atoms with Gasteiger partial charge in [0.15, 0.2) is 0 Å². The van der Waals surface area contributed by atoms with Gasteiger partial charge in [-0.05, 0) is 33.6 Å². The summed E-state index contributed by atoms with van der Waals surface area (Å²) in [7, 11) is 0. The predicted molar refractivity (Wildman–Crippen MR) is 67.9 cm³/mol. The number of hydrogen-bond acceptors (Lipinski definition) is 4. The van der Waals surface area contributed by atoms with Crippen molar-refractivity contribution >= 4 is 27.6 Å². The van der Waals surface area contributed by atoms with Crippen molar-refractivity contribution in [2.24, 2.45) is 0 Å². The number of nitrogens with zero attached hydrogens (tertiary/aromatic N) is 2. The molecule has 1 heterocycles. The zero-order chi connectivity index (χ0) is 11.4. The number of nitrogens with one attached hydrogen (secondary N) is 1. The van der Waals surface area contributed by atoms with Crippen LogP contribution in [0.25, 0.3) is 0 Å². The van der Waals surface area contributed by atoms with Crippen LogP contribution in [0.5, 0.6) is 0 Å². The van der Waals surface area contributed by atoms with Gasteiger partial charge >= 0.3 is 0 Å². The molecule has 1 aromatic carbocycles. The van der Waals surface area contributed by atoms with Crippen LogP contribution < -0.4 is 11.1 Å². The Labute approximate surface area is 102 Å². The number of nitrogens with two attached hydrogens (primary N) is 1. The van der Waals surface area contributed by atoms with Crippen molar-refractivity contribution < 1.29 is 0 Å². The van der Waals surface area contributed by atoms with Crippen LogP contribution in [-0.2, 0) is 6.54 Å². The highest BCUT2D eigenvalue weighted by Crippen LogP contribution is 2.09. The molecule has 0 aliphatic heterocycles. The molecule has 2 aromatic rings. The van der Waals surface area contributed by atoms with E-state index in [-0.39, 0.29) is 0 Å². The molecule has 2 rings (SSSR count). The summed E-state index contributed by atoms with van der Waals surface area (Å²) in [5, 5.41) is 3.12. The molecule has 4 nitrogen and oxygen atoms in total. The molecule has 0 aliphatic rings. The lowest BCUT2D eigenvalue weighted by atomic mass is 10.2. The summed E-state index contributed by atoms with van der Waals surface area (Å²) in [6.45, 7) is 0.682. The first-order valence-corrected chi connectivity index (χ1v) is 5.59. The van der Waals surface area contributed by atoms with Crippen LogP contribution in [0.3, 0.4) is 0 Å². The fourth-order valence-electron chi connectivity index (χ4n) is 1.22. The molecule has 3 N–H and O–H groups in total. The molecule has 0 unspecified atom stereocenters. The van der Waals surface area contributed by atoms with E-state index in [0.29, 0.717) is 12.5 Å². The van der Waals surface area contributed by atoms with E-state index in [1.54, 1.807) is 12.4 Å². The fraction of sp³-hybridized carbons (Fsp3) is 0.0909. The zero-order valence-electron chi connectivity index (χ0n) is 8.52. The van der Waals surface area contributed by atoms with Gasteiger partial charge in [0.05, 0.1) is 4.47 Å². The highest BCUT2D eigenvalue weighted by molar-refractivity contribution is 9.10. The molecule has 0 fully saturated rings. The van der Waals surface area contributed by atoms with Gasteiger partial charge in [0.1, 0.15) is 0 Å². The number of nitrogen functional groups attached to an aromatic ring is 1. The third-order valence-electron chi connectivity index (χ3n) is 2.05. The number of hydrogen-bond donors (Lipinski definition) is 2. The Bertz CT molecular complexity index is 407. The van der Waals surface area contributed by atoms with Gasteiger partial charge in [0.2, 0.25) is 5.95 Å². The Hall–Kier alpha value is -1.62. The van der Waals surface area contributed by atoms with Gasteiger partial charge in [0.25, 0.3) is 0 Å². The average Bonchev–Trinajstić information content (AvgIpc) is 2.30. The summed E-state index contributed by atoms with van der Waals surface area (Å²) >= 11 is 3.28. The van der Waals surface area contributed by atoms with E-state index >= 15 is 0 Å². The van der Waals surface area contributed by atoms with E-state index < -0.39 is 0 Å². The number of halogens is 1. The van der Waals surface area contributed by atoms with E-state index in [1.165, 1.54) is 0 Å².